The molecule has 84 valence electrons. The molecule has 0 amide bonds. The van der Waals surface area contributed by atoms with Gasteiger partial charge in [-0.15, -0.1) is 11.3 Å². The number of hydrogen-bond acceptors (Lipinski definition) is 5. The molecule has 0 radical (unpaired) electrons. The van der Waals surface area contributed by atoms with Gasteiger partial charge in [0.2, 0.25) is 0 Å². The number of nitrogens with zero attached hydrogens (tertiary/aromatic N) is 1. The molecule has 0 unspecified atom stereocenters. The van der Waals surface area contributed by atoms with E-state index in [-0.39, 0.29) is 5.97 Å². The molecular weight excluding hydrogens is 242 g/mol. The highest BCUT2D eigenvalue weighted by Crippen LogP contribution is 2.31. The Labute approximate surface area is 102 Å². The van der Waals surface area contributed by atoms with Gasteiger partial charge in [-0.2, -0.15) is 11.3 Å². The smallest absolute Gasteiger partial charge is 0.358 e. The van der Waals surface area contributed by atoms with Crippen molar-refractivity contribution in [1.82, 2.24) is 4.98 Å². The van der Waals surface area contributed by atoms with Crippen LogP contribution < -0.4 is 0 Å². The van der Waals surface area contributed by atoms with Crippen LogP contribution in [0.4, 0.5) is 0 Å². The maximum absolute atomic E-state index is 11.7. The lowest BCUT2D eigenvalue weighted by molar-refractivity contribution is 0.0521. The molecule has 0 spiro atoms. The number of carbonyl (C=O) groups excluding carboxylic acids is 1. The van der Waals surface area contributed by atoms with Crippen LogP contribution in [0.2, 0.25) is 0 Å². The van der Waals surface area contributed by atoms with E-state index in [1.165, 1.54) is 11.3 Å². The van der Waals surface area contributed by atoms with Crippen LogP contribution in [-0.2, 0) is 4.74 Å². The van der Waals surface area contributed by atoms with E-state index in [1.54, 1.807) is 18.3 Å². The zero-order valence-electron chi connectivity index (χ0n) is 9.02. The van der Waals surface area contributed by atoms with Crippen molar-refractivity contribution < 1.29 is 9.53 Å². The van der Waals surface area contributed by atoms with E-state index in [0.29, 0.717) is 12.3 Å². The first kappa shape index (κ1) is 11.3. The number of rotatable bonds is 3. The number of thiophene rings is 1. The first-order valence-electron chi connectivity index (χ1n) is 4.89. The summed E-state index contributed by atoms with van der Waals surface area (Å²) < 4.78 is 4.99. The van der Waals surface area contributed by atoms with Gasteiger partial charge in [-0.25, -0.2) is 9.78 Å². The summed E-state index contributed by atoms with van der Waals surface area (Å²) in [6, 6.07) is 1.99. The van der Waals surface area contributed by atoms with Crippen LogP contribution in [-0.4, -0.2) is 17.6 Å². The van der Waals surface area contributed by atoms with Gasteiger partial charge < -0.3 is 4.74 Å². The van der Waals surface area contributed by atoms with Crippen molar-refractivity contribution in [2.75, 3.05) is 6.61 Å². The van der Waals surface area contributed by atoms with Gasteiger partial charge in [0.1, 0.15) is 0 Å². The van der Waals surface area contributed by atoms with Gasteiger partial charge in [0.25, 0.3) is 0 Å². The summed E-state index contributed by atoms with van der Waals surface area (Å²) in [6.45, 7) is 4.06. The molecule has 0 bridgehead atoms. The SMILES string of the molecule is CCOC(=O)c1nc(C)sc1-c1ccsc1. The van der Waals surface area contributed by atoms with E-state index >= 15 is 0 Å². The van der Waals surface area contributed by atoms with Gasteiger partial charge in [0, 0.05) is 5.56 Å². The van der Waals surface area contributed by atoms with Gasteiger partial charge in [-0.3, -0.25) is 0 Å². The first-order valence-corrected chi connectivity index (χ1v) is 6.65. The molecule has 5 heteroatoms. The lowest BCUT2D eigenvalue weighted by Crippen LogP contribution is -2.06. The van der Waals surface area contributed by atoms with Gasteiger partial charge in [-0.1, -0.05) is 0 Å². The molecular formula is C11H11NO2S2. The second-order valence-electron chi connectivity index (χ2n) is 3.14. The summed E-state index contributed by atoms with van der Waals surface area (Å²) in [5.74, 6) is -0.340. The number of aryl methyl sites for hydroxylation is 1. The van der Waals surface area contributed by atoms with Gasteiger partial charge >= 0.3 is 5.97 Å². The summed E-state index contributed by atoms with van der Waals surface area (Å²) in [7, 11) is 0. The molecule has 0 fully saturated rings. The van der Waals surface area contributed by atoms with Crippen molar-refractivity contribution in [3.63, 3.8) is 0 Å². The van der Waals surface area contributed by atoms with E-state index in [4.69, 9.17) is 4.74 Å². The second kappa shape index (κ2) is 4.76. The van der Waals surface area contributed by atoms with Crippen LogP contribution in [0.5, 0.6) is 0 Å². The standard InChI is InChI=1S/C11H11NO2S2/c1-3-14-11(13)9-10(16-7(2)12-9)8-4-5-15-6-8/h4-6H,3H2,1-2H3. The quantitative estimate of drug-likeness (QED) is 0.787. The van der Waals surface area contributed by atoms with Crippen molar-refractivity contribution in [3.8, 4) is 10.4 Å². The zero-order chi connectivity index (χ0) is 11.5. The number of thiazole rings is 1. The molecule has 0 aromatic carbocycles. The molecule has 3 nitrogen and oxygen atoms in total. The summed E-state index contributed by atoms with van der Waals surface area (Å²) in [4.78, 5) is 16.8. The van der Waals surface area contributed by atoms with E-state index < -0.39 is 0 Å². The third-order valence-electron chi connectivity index (χ3n) is 1.99. The van der Waals surface area contributed by atoms with Gasteiger partial charge in [0.05, 0.1) is 16.5 Å². The molecule has 0 saturated carbocycles. The highest BCUT2D eigenvalue weighted by molar-refractivity contribution is 7.16. The Bertz CT molecular complexity index is 488. The van der Waals surface area contributed by atoms with Crippen LogP contribution in [0.15, 0.2) is 16.8 Å². The maximum atomic E-state index is 11.7. The number of aromatic nitrogens is 1. The maximum Gasteiger partial charge on any atom is 0.358 e. The predicted molar refractivity (Wildman–Crippen MR) is 66.1 cm³/mol. The number of ether oxygens (including phenoxy) is 1. The average molecular weight is 253 g/mol. The fourth-order valence-corrected chi connectivity index (χ4v) is 2.98. The molecule has 0 N–H and O–H groups in total. The van der Waals surface area contributed by atoms with Crippen LogP contribution in [0.1, 0.15) is 22.4 Å². The van der Waals surface area contributed by atoms with Crippen LogP contribution in [0.25, 0.3) is 10.4 Å². The van der Waals surface area contributed by atoms with Crippen molar-refractivity contribution in [3.05, 3.63) is 27.5 Å². The molecule has 2 aromatic heterocycles. The highest BCUT2D eigenvalue weighted by Gasteiger charge is 2.19. The normalized spacial score (nSPS) is 10.4. The average Bonchev–Trinajstić information content (AvgIpc) is 2.85. The van der Waals surface area contributed by atoms with Gasteiger partial charge in [0.15, 0.2) is 5.69 Å². The highest BCUT2D eigenvalue weighted by atomic mass is 32.1. The van der Waals surface area contributed by atoms with E-state index in [0.717, 1.165) is 15.4 Å². The molecule has 2 rings (SSSR count). The van der Waals surface area contributed by atoms with Crippen molar-refractivity contribution >= 4 is 28.6 Å². The minimum Gasteiger partial charge on any atom is -0.461 e. The minimum absolute atomic E-state index is 0.340. The Morgan fingerprint density at radius 3 is 3.00 bits per heavy atom. The first-order chi connectivity index (χ1) is 7.72. The number of hydrogen-bond donors (Lipinski definition) is 0. The molecule has 2 heterocycles. The minimum atomic E-state index is -0.340. The molecule has 0 aliphatic rings. The molecule has 16 heavy (non-hydrogen) atoms. The van der Waals surface area contributed by atoms with Crippen LogP contribution in [0, 0.1) is 6.92 Å². The monoisotopic (exact) mass is 253 g/mol. The lowest BCUT2D eigenvalue weighted by atomic mass is 10.2. The number of carbonyl (C=O) groups is 1. The summed E-state index contributed by atoms with van der Waals surface area (Å²) >= 11 is 3.13. The van der Waals surface area contributed by atoms with Gasteiger partial charge in [-0.05, 0) is 30.7 Å². The van der Waals surface area contributed by atoms with Crippen LogP contribution in [0.3, 0.4) is 0 Å². The summed E-state index contributed by atoms with van der Waals surface area (Å²) in [5, 5.41) is 4.87. The van der Waals surface area contributed by atoms with E-state index in [9.17, 15) is 4.79 Å². The molecule has 0 aliphatic heterocycles. The summed E-state index contributed by atoms with van der Waals surface area (Å²) in [5.41, 5.74) is 1.47. The van der Waals surface area contributed by atoms with Crippen molar-refractivity contribution in [2.24, 2.45) is 0 Å². The Morgan fingerprint density at radius 2 is 2.38 bits per heavy atom. The Balaban J connectivity index is 2.42. The molecule has 0 aliphatic carbocycles. The Morgan fingerprint density at radius 1 is 1.56 bits per heavy atom. The molecule has 2 aromatic rings. The Kier molecular flexibility index (Phi) is 3.36. The van der Waals surface area contributed by atoms with Crippen molar-refractivity contribution in [2.45, 2.75) is 13.8 Å². The van der Waals surface area contributed by atoms with Crippen LogP contribution >= 0.6 is 22.7 Å². The Hall–Kier alpha value is -1.20. The molecule has 0 atom stereocenters. The van der Waals surface area contributed by atoms with E-state index in [1.807, 2.05) is 23.8 Å². The third kappa shape index (κ3) is 2.15. The molecule has 0 saturated heterocycles. The third-order valence-corrected chi connectivity index (χ3v) is 3.69. The van der Waals surface area contributed by atoms with Crippen molar-refractivity contribution in [1.29, 1.82) is 0 Å². The largest absolute Gasteiger partial charge is 0.461 e. The topological polar surface area (TPSA) is 39.2 Å². The fourth-order valence-electron chi connectivity index (χ4n) is 1.35. The fraction of sp³-hybridized carbons (Fsp3) is 0.273. The van der Waals surface area contributed by atoms with E-state index in [2.05, 4.69) is 4.98 Å². The number of esters is 1. The predicted octanol–water partition coefficient (Wildman–Crippen LogP) is 3.36. The second-order valence-corrected chi connectivity index (χ2v) is 5.13. The lowest BCUT2D eigenvalue weighted by Gasteiger charge is -2.00. The zero-order valence-corrected chi connectivity index (χ0v) is 10.7. The summed E-state index contributed by atoms with van der Waals surface area (Å²) in [6.07, 6.45) is 0.